The fourth-order valence-electron chi connectivity index (χ4n) is 4.88. The lowest BCUT2D eigenvalue weighted by Gasteiger charge is -2.26. The molecule has 1 saturated heterocycles. The van der Waals surface area contributed by atoms with Crippen molar-refractivity contribution in [3.8, 4) is 5.75 Å². The van der Waals surface area contributed by atoms with Crippen molar-refractivity contribution in [1.29, 1.82) is 0 Å². The van der Waals surface area contributed by atoms with Gasteiger partial charge in [-0.1, -0.05) is 19.1 Å². The number of hydrogen-bond acceptors (Lipinski definition) is 5. The second-order valence-electron chi connectivity index (χ2n) is 8.71. The summed E-state index contributed by atoms with van der Waals surface area (Å²) in [5.41, 5.74) is 3.58. The first-order valence-electron chi connectivity index (χ1n) is 11.8. The second kappa shape index (κ2) is 9.30. The van der Waals surface area contributed by atoms with E-state index in [9.17, 15) is 14.7 Å². The Kier molecular flexibility index (Phi) is 6.45. The van der Waals surface area contributed by atoms with Gasteiger partial charge in [0.15, 0.2) is 0 Å². The molecule has 2 unspecified atom stereocenters. The van der Waals surface area contributed by atoms with Crippen LogP contribution in [0.4, 0.5) is 5.69 Å². The maximum Gasteiger partial charge on any atom is 0.295 e. The van der Waals surface area contributed by atoms with Crippen LogP contribution in [0.5, 0.6) is 5.75 Å². The Bertz CT molecular complexity index is 1090. The van der Waals surface area contributed by atoms with E-state index < -0.39 is 17.7 Å². The Morgan fingerprint density at radius 3 is 2.42 bits per heavy atom. The number of benzene rings is 2. The van der Waals surface area contributed by atoms with Gasteiger partial charge in [-0.25, -0.2) is 0 Å². The molecule has 33 heavy (non-hydrogen) atoms. The number of ketones is 1. The zero-order valence-electron chi connectivity index (χ0n) is 19.8. The fourth-order valence-corrected chi connectivity index (χ4v) is 4.88. The smallest absolute Gasteiger partial charge is 0.295 e. The lowest BCUT2D eigenvalue weighted by Crippen LogP contribution is -2.30. The number of carbonyl (C=O) groups is 2. The fraction of sp³-hybridized carbons (Fsp3) is 0.407. The summed E-state index contributed by atoms with van der Waals surface area (Å²) in [7, 11) is 0. The number of likely N-dealkylation sites (tertiary alicyclic amines) is 1. The van der Waals surface area contributed by atoms with Crippen LogP contribution in [-0.2, 0) is 16.0 Å². The number of ether oxygens (including phenoxy) is 1. The average Bonchev–Trinajstić information content (AvgIpc) is 3.31. The molecule has 0 radical (unpaired) electrons. The van der Waals surface area contributed by atoms with E-state index in [1.165, 1.54) is 0 Å². The van der Waals surface area contributed by atoms with Crippen LogP contribution in [0.2, 0.25) is 0 Å². The minimum Gasteiger partial charge on any atom is -0.507 e. The van der Waals surface area contributed by atoms with Gasteiger partial charge in [0.05, 0.1) is 11.6 Å². The normalized spacial score (nSPS) is 21.3. The molecule has 0 bridgehead atoms. The summed E-state index contributed by atoms with van der Waals surface area (Å²) in [5.74, 6) is -0.528. The summed E-state index contributed by atoms with van der Waals surface area (Å²) in [6.45, 7) is 10.4. The minimum atomic E-state index is -0.635. The summed E-state index contributed by atoms with van der Waals surface area (Å²) < 4.78 is 5.76. The molecule has 2 aromatic rings. The van der Waals surface area contributed by atoms with Gasteiger partial charge in [-0.2, -0.15) is 0 Å². The molecule has 0 aliphatic carbocycles. The number of fused-ring (bicyclic) bond motifs is 1. The monoisotopic (exact) mass is 448 g/mol. The van der Waals surface area contributed by atoms with E-state index in [0.717, 1.165) is 48.5 Å². The lowest BCUT2D eigenvalue weighted by molar-refractivity contribution is -0.139. The maximum atomic E-state index is 13.1. The summed E-state index contributed by atoms with van der Waals surface area (Å²) in [6, 6.07) is 12.8. The molecule has 2 aliphatic rings. The molecular formula is C27H32N2O4. The van der Waals surface area contributed by atoms with Crippen LogP contribution in [0.3, 0.4) is 0 Å². The van der Waals surface area contributed by atoms with Crippen molar-refractivity contribution in [2.75, 3.05) is 24.5 Å². The highest BCUT2D eigenvalue weighted by Crippen LogP contribution is 2.41. The van der Waals surface area contributed by atoms with E-state index in [2.05, 4.69) is 18.7 Å². The Morgan fingerprint density at radius 2 is 1.79 bits per heavy atom. The van der Waals surface area contributed by atoms with E-state index in [-0.39, 0.29) is 17.4 Å². The van der Waals surface area contributed by atoms with Gasteiger partial charge in [0.25, 0.3) is 11.7 Å². The predicted molar refractivity (Wildman–Crippen MR) is 130 cm³/mol. The highest BCUT2D eigenvalue weighted by Gasteiger charge is 2.45. The Labute approximate surface area is 195 Å². The van der Waals surface area contributed by atoms with E-state index in [1.807, 2.05) is 50.2 Å². The molecule has 2 aromatic carbocycles. The van der Waals surface area contributed by atoms with Crippen molar-refractivity contribution < 1.29 is 19.4 Å². The SMILES string of the molecule is CCCN1C(=O)C(=O)/C(=C(\O)c2ccc3c(c2)CC(C)O3)C1c1ccc(N(CC)CC)cc1. The molecule has 6 heteroatoms. The first-order chi connectivity index (χ1) is 15.9. The summed E-state index contributed by atoms with van der Waals surface area (Å²) >= 11 is 0. The van der Waals surface area contributed by atoms with Gasteiger partial charge in [-0.3, -0.25) is 9.59 Å². The molecular weight excluding hydrogens is 416 g/mol. The van der Waals surface area contributed by atoms with Crippen molar-refractivity contribution in [3.05, 3.63) is 64.7 Å². The van der Waals surface area contributed by atoms with Crippen LogP contribution in [0.25, 0.3) is 5.76 Å². The quantitative estimate of drug-likeness (QED) is 0.378. The number of rotatable bonds is 7. The third kappa shape index (κ3) is 4.10. The molecule has 174 valence electrons. The average molecular weight is 449 g/mol. The number of amides is 1. The van der Waals surface area contributed by atoms with E-state index >= 15 is 0 Å². The zero-order valence-corrected chi connectivity index (χ0v) is 19.8. The van der Waals surface area contributed by atoms with E-state index in [0.29, 0.717) is 12.1 Å². The van der Waals surface area contributed by atoms with Gasteiger partial charge in [0.2, 0.25) is 0 Å². The maximum absolute atomic E-state index is 13.1. The second-order valence-corrected chi connectivity index (χ2v) is 8.71. The molecule has 0 saturated carbocycles. The van der Waals surface area contributed by atoms with Gasteiger partial charge in [-0.05, 0) is 68.7 Å². The van der Waals surface area contributed by atoms with Crippen LogP contribution in [0, 0.1) is 0 Å². The van der Waals surface area contributed by atoms with Crippen LogP contribution >= 0.6 is 0 Å². The Morgan fingerprint density at radius 1 is 1.09 bits per heavy atom. The number of carbonyl (C=O) groups excluding carboxylic acids is 2. The number of aliphatic hydroxyl groups excluding tert-OH is 1. The van der Waals surface area contributed by atoms with Crippen molar-refractivity contribution >= 4 is 23.1 Å². The van der Waals surface area contributed by atoms with Gasteiger partial charge < -0.3 is 19.6 Å². The Hall–Kier alpha value is -3.28. The number of nitrogens with zero attached hydrogens (tertiary/aromatic N) is 2. The third-order valence-corrected chi connectivity index (χ3v) is 6.51. The molecule has 1 N–H and O–H groups in total. The molecule has 1 fully saturated rings. The number of Topliss-reactive ketones (excluding diaryl/α,β-unsaturated/α-hetero) is 1. The number of hydrogen-bond donors (Lipinski definition) is 1. The first-order valence-corrected chi connectivity index (χ1v) is 11.8. The van der Waals surface area contributed by atoms with Gasteiger partial charge >= 0.3 is 0 Å². The molecule has 2 atom stereocenters. The van der Waals surface area contributed by atoms with Crippen LogP contribution in [0.15, 0.2) is 48.0 Å². The van der Waals surface area contributed by atoms with Gasteiger partial charge in [0.1, 0.15) is 17.6 Å². The molecule has 4 rings (SSSR count). The zero-order chi connectivity index (χ0) is 23.7. The highest BCUT2D eigenvalue weighted by atomic mass is 16.5. The van der Waals surface area contributed by atoms with E-state index in [1.54, 1.807) is 11.0 Å². The molecule has 1 amide bonds. The number of aliphatic hydroxyl groups is 1. The van der Waals surface area contributed by atoms with Crippen molar-refractivity contribution in [2.45, 2.75) is 52.7 Å². The van der Waals surface area contributed by atoms with Crippen LogP contribution in [0.1, 0.15) is 56.8 Å². The molecule has 6 nitrogen and oxygen atoms in total. The first kappa shape index (κ1) is 22.9. The van der Waals surface area contributed by atoms with Crippen LogP contribution in [-0.4, -0.2) is 47.4 Å². The topological polar surface area (TPSA) is 70.1 Å². The largest absolute Gasteiger partial charge is 0.507 e. The predicted octanol–water partition coefficient (Wildman–Crippen LogP) is 4.69. The summed E-state index contributed by atoms with van der Waals surface area (Å²) in [6.07, 6.45) is 1.54. The van der Waals surface area contributed by atoms with Gasteiger partial charge in [-0.15, -0.1) is 0 Å². The van der Waals surface area contributed by atoms with Crippen LogP contribution < -0.4 is 9.64 Å². The standard InChI is InChI=1S/C27H32N2O4/c1-5-14-29-24(18-8-11-21(12-9-18)28(6-2)7-3)23(26(31)27(29)32)25(30)19-10-13-22-20(16-19)15-17(4)33-22/h8-13,16-17,24,30H,5-7,14-15H2,1-4H3/b25-23-. The molecule has 0 spiro atoms. The summed E-state index contributed by atoms with van der Waals surface area (Å²) in [5, 5.41) is 11.3. The van der Waals surface area contributed by atoms with Crippen molar-refractivity contribution in [3.63, 3.8) is 0 Å². The van der Waals surface area contributed by atoms with Crippen molar-refractivity contribution in [1.82, 2.24) is 4.90 Å². The summed E-state index contributed by atoms with van der Waals surface area (Å²) in [4.78, 5) is 29.8. The van der Waals surface area contributed by atoms with Crippen molar-refractivity contribution in [2.24, 2.45) is 0 Å². The lowest BCUT2D eigenvalue weighted by atomic mass is 9.94. The molecule has 2 heterocycles. The molecule has 0 aromatic heterocycles. The number of anilines is 1. The minimum absolute atomic E-state index is 0.0804. The third-order valence-electron chi connectivity index (χ3n) is 6.51. The van der Waals surface area contributed by atoms with E-state index in [4.69, 9.17) is 4.74 Å². The Balaban J connectivity index is 1.79. The highest BCUT2D eigenvalue weighted by molar-refractivity contribution is 6.46. The van der Waals surface area contributed by atoms with Gasteiger partial charge in [0, 0.05) is 37.3 Å². The molecule has 2 aliphatic heterocycles.